The number of hydrogen-bond donors (Lipinski definition) is 5. The lowest BCUT2D eigenvalue weighted by molar-refractivity contribution is -0.151. The van der Waals surface area contributed by atoms with Gasteiger partial charge >= 0.3 is 17.9 Å². The summed E-state index contributed by atoms with van der Waals surface area (Å²) in [5.41, 5.74) is 17.4. The third-order valence-corrected chi connectivity index (χ3v) is 6.69. The van der Waals surface area contributed by atoms with Crippen LogP contribution < -0.4 is 22.5 Å². The molecule has 1 saturated carbocycles. The molecule has 44 heavy (non-hydrogen) atoms. The van der Waals surface area contributed by atoms with Crippen molar-refractivity contribution in [3.8, 4) is 0 Å². The summed E-state index contributed by atoms with van der Waals surface area (Å²) in [4.78, 5) is 60.8. The van der Waals surface area contributed by atoms with Gasteiger partial charge in [-0.2, -0.15) is 0 Å². The zero-order valence-corrected chi connectivity index (χ0v) is 26.5. The fourth-order valence-corrected chi connectivity index (χ4v) is 4.02. The van der Waals surface area contributed by atoms with Crippen molar-refractivity contribution in [3.63, 3.8) is 0 Å². The number of esters is 3. The molecule has 0 heterocycles. The average Bonchev–Trinajstić information content (AvgIpc) is 2.94. The molecule has 1 rings (SSSR count). The Balaban J connectivity index is 2.38. The maximum Gasteiger partial charge on any atom is 0.325 e. The van der Waals surface area contributed by atoms with E-state index in [4.69, 9.17) is 36.8 Å². The lowest BCUT2D eigenvalue weighted by Crippen LogP contribution is -2.43. The van der Waals surface area contributed by atoms with E-state index in [9.17, 15) is 19.2 Å². The number of guanidine groups is 3. The van der Waals surface area contributed by atoms with Gasteiger partial charge in [0.25, 0.3) is 0 Å². The van der Waals surface area contributed by atoms with E-state index in [1.54, 1.807) is 21.0 Å². The molecule has 17 heteroatoms. The molecule has 1 amide bonds. The van der Waals surface area contributed by atoms with E-state index in [0.29, 0.717) is 25.8 Å². The Kier molecular flexibility index (Phi) is 17.0. The van der Waals surface area contributed by atoms with Crippen molar-refractivity contribution < 1.29 is 33.4 Å². The summed E-state index contributed by atoms with van der Waals surface area (Å²) in [6, 6.07) is -0.155. The van der Waals surface area contributed by atoms with Crippen molar-refractivity contribution >= 4 is 41.7 Å². The zero-order valence-electron chi connectivity index (χ0n) is 26.5. The minimum atomic E-state index is -0.519. The summed E-state index contributed by atoms with van der Waals surface area (Å²) in [7, 11) is 4.79. The molecule has 250 valence electrons. The van der Waals surface area contributed by atoms with E-state index in [0.717, 1.165) is 12.8 Å². The molecule has 0 radical (unpaired) electrons. The molecule has 1 aliphatic carbocycles. The van der Waals surface area contributed by atoms with E-state index < -0.39 is 23.8 Å². The molecule has 1 aliphatic rings. The first-order chi connectivity index (χ1) is 20.7. The highest BCUT2D eigenvalue weighted by atomic mass is 16.5. The first-order valence-corrected chi connectivity index (χ1v) is 14.6. The zero-order chi connectivity index (χ0) is 33.2. The number of carbonyl (C=O) groups is 4. The number of likely N-dealkylation sites (N-methyl/N-ethyl adjacent to an activating group) is 3. The van der Waals surface area contributed by atoms with Gasteiger partial charge in [0.2, 0.25) is 5.91 Å². The first-order valence-electron chi connectivity index (χ1n) is 14.6. The number of ether oxygens (including phenoxy) is 3. The molecule has 8 N–H and O–H groups in total. The Morgan fingerprint density at radius 1 is 0.932 bits per heavy atom. The van der Waals surface area contributed by atoms with Crippen LogP contribution in [0.1, 0.15) is 46.0 Å². The molecule has 0 saturated heterocycles. The quantitative estimate of drug-likeness (QED) is 0.0562. The fraction of sp³-hybridized carbons (Fsp3) is 0.741. The van der Waals surface area contributed by atoms with Gasteiger partial charge < -0.3 is 51.4 Å². The van der Waals surface area contributed by atoms with E-state index >= 15 is 0 Å². The molecule has 0 spiro atoms. The van der Waals surface area contributed by atoms with Crippen LogP contribution in [-0.2, 0) is 33.4 Å². The van der Waals surface area contributed by atoms with Crippen LogP contribution in [0.2, 0.25) is 0 Å². The van der Waals surface area contributed by atoms with Gasteiger partial charge in [0.1, 0.15) is 25.7 Å². The number of carbonyl (C=O) groups excluding carboxylic acids is 4. The Morgan fingerprint density at radius 2 is 1.59 bits per heavy atom. The van der Waals surface area contributed by atoms with Gasteiger partial charge in [-0.15, -0.1) is 0 Å². The molecule has 1 fully saturated rings. The Bertz CT molecular complexity index is 1040. The normalized spacial score (nSPS) is 17.6. The average molecular weight is 627 g/mol. The Morgan fingerprint density at radius 3 is 2.25 bits per heavy atom. The first kappa shape index (κ1) is 37.7. The number of rotatable bonds is 16. The van der Waals surface area contributed by atoms with Crippen LogP contribution in [0.4, 0.5) is 0 Å². The maximum atomic E-state index is 12.3. The van der Waals surface area contributed by atoms with Gasteiger partial charge in [-0.25, -0.2) is 4.99 Å². The standard InChI is InChI=1S/C27H50N10O7/c1-6-42-22(39)14-32-21(38)15-36(4)26(30)33-13-18(2)10-11-43-23(40)16-37(5)27(31)34-19-8-7-9-20(12-19)44-24(41)17-35(3)25(28)29/h18-20H,6-17H2,1-5H3,(H3,28,29)(H2,30,33)(H2,31,34)(H,32,38). The molecule has 0 aromatic heterocycles. The lowest BCUT2D eigenvalue weighted by atomic mass is 9.93. The molecule has 0 aromatic rings. The Labute approximate surface area is 259 Å². The summed E-state index contributed by atoms with van der Waals surface area (Å²) in [6.45, 7) is 3.92. The topological polar surface area (TPSA) is 244 Å². The molecule has 3 atom stereocenters. The number of nitrogens with two attached hydrogens (primary N) is 3. The lowest BCUT2D eigenvalue weighted by Gasteiger charge is -2.28. The van der Waals surface area contributed by atoms with E-state index in [2.05, 4.69) is 15.3 Å². The molecule has 17 nitrogen and oxygen atoms in total. The number of nitrogens with zero attached hydrogens (tertiary/aromatic N) is 5. The maximum absolute atomic E-state index is 12.3. The highest BCUT2D eigenvalue weighted by molar-refractivity contribution is 5.87. The smallest absolute Gasteiger partial charge is 0.325 e. The van der Waals surface area contributed by atoms with E-state index in [1.807, 2.05) is 6.92 Å². The minimum Gasteiger partial charge on any atom is -0.465 e. The van der Waals surface area contributed by atoms with Crippen LogP contribution in [-0.4, -0.2) is 136 Å². The summed E-state index contributed by atoms with van der Waals surface area (Å²) in [6.07, 6.45) is 3.06. The second-order valence-electron chi connectivity index (χ2n) is 10.8. The van der Waals surface area contributed by atoms with Crippen LogP contribution in [0, 0.1) is 11.3 Å². The van der Waals surface area contributed by atoms with Gasteiger partial charge in [-0.05, 0) is 38.5 Å². The van der Waals surface area contributed by atoms with Crippen molar-refractivity contribution in [1.82, 2.24) is 20.0 Å². The van der Waals surface area contributed by atoms with E-state index in [-0.39, 0.29) is 75.3 Å². The fourth-order valence-electron chi connectivity index (χ4n) is 4.02. The highest BCUT2D eigenvalue weighted by Gasteiger charge is 2.26. The van der Waals surface area contributed by atoms with Crippen LogP contribution in [0.5, 0.6) is 0 Å². The molecule has 0 aromatic carbocycles. The van der Waals surface area contributed by atoms with Crippen LogP contribution in [0.15, 0.2) is 9.98 Å². The van der Waals surface area contributed by atoms with Crippen LogP contribution >= 0.6 is 0 Å². The number of nitrogens with one attached hydrogen (secondary N) is 2. The van der Waals surface area contributed by atoms with Gasteiger partial charge in [0.05, 0.1) is 25.8 Å². The van der Waals surface area contributed by atoms with E-state index in [1.165, 1.54) is 21.7 Å². The second kappa shape index (κ2) is 19.8. The summed E-state index contributed by atoms with van der Waals surface area (Å²) >= 11 is 0. The molecular formula is C27H50N10O7. The second-order valence-corrected chi connectivity index (χ2v) is 10.8. The summed E-state index contributed by atoms with van der Waals surface area (Å²) in [5, 5.41) is 9.80. The van der Waals surface area contributed by atoms with Crippen molar-refractivity contribution in [1.29, 1.82) is 5.41 Å². The van der Waals surface area contributed by atoms with Crippen molar-refractivity contribution in [2.24, 2.45) is 33.1 Å². The molecule has 0 bridgehead atoms. The van der Waals surface area contributed by atoms with Gasteiger partial charge in [-0.1, -0.05) is 6.92 Å². The van der Waals surface area contributed by atoms with Crippen molar-refractivity contribution in [3.05, 3.63) is 0 Å². The van der Waals surface area contributed by atoms with Gasteiger partial charge in [0.15, 0.2) is 17.9 Å². The summed E-state index contributed by atoms with van der Waals surface area (Å²) < 4.78 is 15.6. The largest absolute Gasteiger partial charge is 0.465 e. The highest BCUT2D eigenvalue weighted by Crippen LogP contribution is 2.24. The predicted octanol–water partition coefficient (Wildman–Crippen LogP) is -1.59. The van der Waals surface area contributed by atoms with Gasteiger partial charge in [-0.3, -0.25) is 29.6 Å². The minimum absolute atomic E-state index is 0.0490. The Hall–Kier alpha value is -4.31. The van der Waals surface area contributed by atoms with Gasteiger partial charge in [0, 0.05) is 34.1 Å². The summed E-state index contributed by atoms with van der Waals surface area (Å²) in [5.74, 6) is -1.65. The molecular weight excluding hydrogens is 576 g/mol. The number of aliphatic imine (C=N–C) groups is 2. The third-order valence-electron chi connectivity index (χ3n) is 6.69. The molecule has 0 aliphatic heterocycles. The predicted molar refractivity (Wildman–Crippen MR) is 164 cm³/mol. The SMILES string of the molecule is CCOC(=O)CNC(=O)CN(C)C(N)=NCC(C)CCOC(=O)CN(C)C(N)=NC1CCCC(OC(=O)CN(C)C(=N)N)C1. The third kappa shape index (κ3) is 15.8. The van der Waals surface area contributed by atoms with Crippen molar-refractivity contribution in [2.75, 3.05) is 67.1 Å². The van der Waals surface area contributed by atoms with Crippen LogP contribution in [0.3, 0.4) is 0 Å². The van der Waals surface area contributed by atoms with Crippen LogP contribution in [0.25, 0.3) is 0 Å². The van der Waals surface area contributed by atoms with Crippen molar-refractivity contribution in [2.45, 2.75) is 58.1 Å². The monoisotopic (exact) mass is 626 g/mol. The number of hydrogen-bond acceptors (Lipinski definition) is 10. The number of amides is 1. The molecule has 3 unspecified atom stereocenters.